The minimum absolute atomic E-state index is 0.00469. The number of rotatable bonds is 2. The van der Waals surface area contributed by atoms with Crippen LogP contribution in [0.4, 0.5) is 0 Å². The number of piperazine rings is 1. The predicted octanol–water partition coefficient (Wildman–Crippen LogP) is 4.29. The zero-order chi connectivity index (χ0) is 19.0. The molecule has 2 heterocycles. The lowest BCUT2D eigenvalue weighted by molar-refractivity contribution is 0.0533. The summed E-state index contributed by atoms with van der Waals surface area (Å²) in [6.45, 7) is 2.12. The van der Waals surface area contributed by atoms with Gasteiger partial charge in [0.25, 0.3) is 11.8 Å². The topological polar surface area (TPSA) is 56.4 Å². The standard InChI is InChI=1S/C20H17Br2N3O2/c21-15-4-1-13(2-5-15)19(26)24-7-9-25(10-8-24)20(27)18-11-14-3-6-16(22)12-17(14)23-18/h1-6,11-12,23H,7-10H2. The number of amides is 2. The van der Waals surface area contributed by atoms with Gasteiger partial charge in [-0.3, -0.25) is 9.59 Å². The van der Waals surface area contributed by atoms with Gasteiger partial charge in [-0.1, -0.05) is 37.9 Å². The number of benzene rings is 2. The molecular formula is C20H17Br2N3O2. The van der Waals surface area contributed by atoms with Crippen LogP contribution < -0.4 is 0 Å². The molecule has 4 rings (SSSR count). The van der Waals surface area contributed by atoms with Gasteiger partial charge in [0.2, 0.25) is 0 Å². The zero-order valence-electron chi connectivity index (χ0n) is 14.4. The summed E-state index contributed by atoms with van der Waals surface area (Å²) in [6, 6.07) is 15.1. The van der Waals surface area contributed by atoms with E-state index in [0.717, 1.165) is 19.8 Å². The number of carbonyl (C=O) groups is 2. The van der Waals surface area contributed by atoms with Gasteiger partial charge in [0, 0.05) is 51.6 Å². The monoisotopic (exact) mass is 489 g/mol. The van der Waals surface area contributed by atoms with Crippen molar-refractivity contribution in [2.24, 2.45) is 0 Å². The summed E-state index contributed by atoms with van der Waals surface area (Å²) < 4.78 is 1.91. The third-order valence-corrected chi connectivity index (χ3v) is 5.78. The summed E-state index contributed by atoms with van der Waals surface area (Å²) in [5, 5.41) is 1.01. The van der Waals surface area contributed by atoms with Crippen molar-refractivity contribution in [2.75, 3.05) is 26.2 Å². The molecule has 1 aliphatic heterocycles. The van der Waals surface area contributed by atoms with E-state index in [-0.39, 0.29) is 11.8 Å². The Morgan fingerprint density at radius 3 is 2.04 bits per heavy atom. The van der Waals surface area contributed by atoms with E-state index in [1.807, 2.05) is 48.5 Å². The minimum Gasteiger partial charge on any atom is -0.350 e. The van der Waals surface area contributed by atoms with Crippen molar-refractivity contribution in [3.63, 3.8) is 0 Å². The van der Waals surface area contributed by atoms with Gasteiger partial charge in [-0.05, 0) is 42.5 Å². The third kappa shape index (κ3) is 3.80. The molecule has 0 radical (unpaired) electrons. The number of halogens is 2. The molecule has 3 aromatic rings. The number of fused-ring (bicyclic) bond motifs is 1. The van der Waals surface area contributed by atoms with Crippen LogP contribution in [-0.2, 0) is 0 Å². The molecule has 138 valence electrons. The molecule has 0 atom stereocenters. The molecule has 0 spiro atoms. The first-order chi connectivity index (χ1) is 13.0. The van der Waals surface area contributed by atoms with Gasteiger partial charge in [0.15, 0.2) is 0 Å². The predicted molar refractivity (Wildman–Crippen MR) is 112 cm³/mol. The number of aromatic nitrogens is 1. The van der Waals surface area contributed by atoms with E-state index >= 15 is 0 Å². The average Bonchev–Trinajstić information content (AvgIpc) is 3.11. The van der Waals surface area contributed by atoms with Crippen molar-refractivity contribution in [1.29, 1.82) is 0 Å². The molecule has 2 aromatic carbocycles. The van der Waals surface area contributed by atoms with E-state index in [0.29, 0.717) is 37.4 Å². The van der Waals surface area contributed by atoms with Gasteiger partial charge in [-0.25, -0.2) is 0 Å². The lowest BCUT2D eigenvalue weighted by Crippen LogP contribution is -2.50. The Hall–Kier alpha value is -2.12. The fraction of sp³-hybridized carbons (Fsp3) is 0.200. The van der Waals surface area contributed by atoms with Crippen LogP contribution in [0.15, 0.2) is 57.5 Å². The van der Waals surface area contributed by atoms with Crippen molar-refractivity contribution in [2.45, 2.75) is 0 Å². The fourth-order valence-electron chi connectivity index (χ4n) is 3.27. The summed E-state index contributed by atoms with van der Waals surface area (Å²) in [6.07, 6.45) is 0. The van der Waals surface area contributed by atoms with E-state index in [2.05, 4.69) is 36.8 Å². The Morgan fingerprint density at radius 2 is 1.37 bits per heavy atom. The maximum atomic E-state index is 12.8. The molecule has 0 saturated carbocycles. The maximum absolute atomic E-state index is 12.8. The Kier molecular flexibility index (Phi) is 5.06. The second kappa shape index (κ2) is 7.48. The molecule has 1 saturated heterocycles. The van der Waals surface area contributed by atoms with Crippen molar-refractivity contribution in [3.05, 3.63) is 68.7 Å². The molecule has 1 aromatic heterocycles. The molecule has 0 bridgehead atoms. The van der Waals surface area contributed by atoms with Crippen LogP contribution in [0.2, 0.25) is 0 Å². The van der Waals surface area contributed by atoms with Crippen LogP contribution in [0.5, 0.6) is 0 Å². The quantitative estimate of drug-likeness (QED) is 0.582. The van der Waals surface area contributed by atoms with Crippen molar-refractivity contribution in [3.8, 4) is 0 Å². The van der Waals surface area contributed by atoms with Gasteiger partial charge in [-0.2, -0.15) is 0 Å². The number of H-pyrrole nitrogens is 1. The second-order valence-corrected chi connectivity index (χ2v) is 8.34. The van der Waals surface area contributed by atoms with Crippen LogP contribution >= 0.6 is 31.9 Å². The number of nitrogens with zero attached hydrogens (tertiary/aromatic N) is 2. The van der Waals surface area contributed by atoms with Crippen LogP contribution in [0, 0.1) is 0 Å². The number of carbonyl (C=O) groups excluding carboxylic acids is 2. The summed E-state index contributed by atoms with van der Waals surface area (Å²) in [5.41, 5.74) is 2.17. The molecule has 1 aliphatic rings. The van der Waals surface area contributed by atoms with E-state index in [4.69, 9.17) is 0 Å². The van der Waals surface area contributed by atoms with Crippen LogP contribution in [-0.4, -0.2) is 52.8 Å². The second-order valence-electron chi connectivity index (χ2n) is 6.51. The molecule has 1 N–H and O–H groups in total. The number of hydrogen-bond donors (Lipinski definition) is 1. The Bertz CT molecular complexity index is 1010. The first kappa shape index (κ1) is 18.3. The van der Waals surface area contributed by atoms with Gasteiger partial charge in [0.1, 0.15) is 5.69 Å². The van der Waals surface area contributed by atoms with Crippen LogP contribution in [0.25, 0.3) is 10.9 Å². The Labute approximate surface area is 173 Å². The molecule has 1 fully saturated rings. The molecule has 27 heavy (non-hydrogen) atoms. The lowest BCUT2D eigenvalue weighted by atomic mass is 10.2. The molecular weight excluding hydrogens is 474 g/mol. The molecule has 0 aliphatic carbocycles. The van der Waals surface area contributed by atoms with Crippen LogP contribution in [0.1, 0.15) is 20.8 Å². The highest BCUT2D eigenvalue weighted by Crippen LogP contribution is 2.21. The third-order valence-electron chi connectivity index (χ3n) is 4.76. The summed E-state index contributed by atoms with van der Waals surface area (Å²) in [5.74, 6) is -0.0249. The highest BCUT2D eigenvalue weighted by Gasteiger charge is 2.26. The summed E-state index contributed by atoms with van der Waals surface area (Å²) in [7, 11) is 0. The van der Waals surface area contributed by atoms with Crippen molar-refractivity contribution >= 4 is 54.6 Å². The summed E-state index contributed by atoms with van der Waals surface area (Å²) in [4.78, 5) is 32.2. The van der Waals surface area contributed by atoms with E-state index in [1.165, 1.54) is 0 Å². The largest absolute Gasteiger partial charge is 0.350 e. The van der Waals surface area contributed by atoms with Crippen molar-refractivity contribution in [1.82, 2.24) is 14.8 Å². The maximum Gasteiger partial charge on any atom is 0.270 e. The van der Waals surface area contributed by atoms with Gasteiger partial charge >= 0.3 is 0 Å². The van der Waals surface area contributed by atoms with E-state index in [1.54, 1.807) is 9.80 Å². The van der Waals surface area contributed by atoms with Gasteiger partial charge < -0.3 is 14.8 Å². The number of aromatic amines is 1. The highest BCUT2D eigenvalue weighted by atomic mass is 79.9. The molecule has 7 heteroatoms. The molecule has 5 nitrogen and oxygen atoms in total. The zero-order valence-corrected chi connectivity index (χ0v) is 17.6. The first-order valence-corrected chi connectivity index (χ1v) is 10.2. The van der Waals surface area contributed by atoms with Crippen molar-refractivity contribution < 1.29 is 9.59 Å². The normalized spacial score (nSPS) is 14.6. The van der Waals surface area contributed by atoms with E-state index in [9.17, 15) is 9.59 Å². The van der Waals surface area contributed by atoms with E-state index < -0.39 is 0 Å². The van der Waals surface area contributed by atoms with Crippen LogP contribution in [0.3, 0.4) is 0 Å². The number of hydrogen-bond acceptors (Lipinski definition) is 2. The summed E-state index contributed by atoms with van der Waals surface area (Å²) >= 11 is 6.82. The minimum atomic E-state index is -0.0296. The average molecular weight is 491 g/mol. The Balaban J connectivity index is 1.42. The SMILES string of the molecule is O=C(c1ccc(Br)cc1)N1CCN(C(=O)c2cc3ccc(Br)cc3[nH]2)CC1. The number of nitrogens with one attached hydrogen (secondary N) is 1. The highest BCUT2D eigenvalue weighted by molar-refractivity contribution is 9.10. The molecule has 2 amide bonds. The fourth-order valence-corrected chi connectivity index (χ4v) is 3.90. The Morgan fingerprint density at radius 1 is 0.778 bits per heavy atom. The van der Waals surface area contributed by atoms with Gasteiger partial charge in [-0.15, -0.1) is 0 Å². The first-order valence-electron chi connectivity index (χ1n) is 8.64. The smallest absolute Gasteiger partial charge is 0.270 e. The molecule has 0 unspecified atom stereocenters. The van der Waals surface area contributed by atoms with Gasteiger partial charge in [0.05, 0.1) is 0 Å². The lowest BCUT2D eigenvalue weighted by Gasteiger charge is -2.34.